The van der Waals surface area contributed by atoms with Gasteiger partial charge in [0, 0.05) is 25.4 Å². The molecule has 1 aliphatic carbocycles. The van der Waals surface area contributed by atoms with Gasteiger partial charge in [-0.2, -0.15) is 0 Å². The molecule has 2 heteroatoms. The Morgan fingerprint density at radius 3 is 2.72 bits per heavy atom. The van der Waals surface area contributed by atoms with E-state index in [0.717, 1.165) is 44.2 Å². The third kappa shape index (κ3) is 5.09. The predicted molar refractivity (Wildman–Crippen MR) is 77.7 cm³/mol. The summed E-state index contributed by atoms with van der Waals surface area (Å²) in [5.41, 5.74) is 0. The minimum absolute atomic E-state index is 0.310. The van der Waals surface area contributed by atoms with Gasteiger partial charge in [0.2, 0.25) is 0 Å². The van der Waals surface area contributed by atoms with E-state index in [1.165, 1.54) is 19.3 Å². The number of carbonyl (C=O) groups excluding carboxylic acids is 1. The highest BCUT2D eigenvalue weighted by molar-refractivity contribution is 5.81. The monoisotopic (exact) mass is 253 g/mol. The van der Waals surface area contributed by atoms with Crippen LogP contribution < -0.4 is 0 Å². The van der Waals surface area contributed by atoms with Crippen molar-refractivity contribution < 1.29 is 4.79 Å². The van der Waals surface area contributed by atoms with Crippen molar-refractivity contribution in [3.05, 3.63) is 0 Å². The zero-order valence-corrected chi connectivity index (χ0v) is 12.7. The summed E-state index contributed by atoms with van der Waals surface area (Å²) in [6.07, 6.45) is 6.89. The van der Waals surface area contributed by atoms with Gasteiger partial charge < -0.3 is 4.90 Å². The Labute approximate surface area is 113 Å². The Hall–Kier alpha value is -0.370. The number of ketones is 1. The molecule has 18 heavy (non-hydrogen) atoms. The van der Waals surface area contributed by atoms with Crippen LogP contribution in [0.25, 0.3) is 0 Å². The molecule has 2 nitrogen and oxygen atoms in total. The third-order valence-electron chi connectivity index (χ3n) is 4.42. The van der Waals surface area contributed by atoms with Crippen molar-refractivity contribution in [1.82, 2.24) is 4.90 Å². The summed E-state index contributed by atoms with van der Waals surface area (Å²) in [5, 5.41) is 0. The van der Waals surface area contributed by atoms with Crippen LogP contribution in [0.15, 0.2) is 0 Å². The van der Waals surface area contributed by atoms with E-state index in [4.69, 9.17) is 0 Å². The Balaban J connectivity index is 2.40. The summed E-state index contributed by atoms with van der Waals surface area (Å²) in [6, 6.07) is 0. The molecule has 0 spiro atoms. The summed E-state index contributed by atoms with van der Waals surface area (Å²) >= 11 is 0. The molecule has 1 rings (SSSR count). The first kappa shape index (κ1) is 15.7. The lowest BCUT2D eigenvalue weighted by molar-refractivity contribution is -0.126. The zero-order valence-electron chi connectivity index (χ0n) is 12.7. The first-order valence-corrected chi connectivity index (χ1v) is 7.78. The molecule has 0 bridgehead atoms. The van der Waals surface area contributed by atoms with Crippen LogP contribution in [0.1, 0.15) is 59.3 Å². The van der Waals surface area contributed by atoms with E-state index in [1.54, 1.807) is 0 Å². The lowest BCUT2D eigenvalue weighted by atomic mass is 9.78. The second kappa shape index (κ2) is 7.93. The molecule has 0 aromatic rings. The first-order chi connectivity index (χ1) is 8.56. The van der Waals surface area contributed by atoms with Crippen molar-refractivity contribution in [3.8, 4) is 0 Å². The minimum atomic E-state index is 0.310. The second-order valence-corrected chi connectivity index (χ2v) is 6.33. The largest absolute Gasteiger partial charge is 0.305 e. The molecule has 1 fully saturated rings. The summed E-state index contributed by atoms with van der Waals surface area (Å²) in [7, 11) is 2.17. The van der Waals surface area contributed by atoms with Gasteiger partial charge in [0.15, 0.2) is 0 Å². The van der Waals surface area contributed by atoms with Crippen LogP contribution in [0.3, 0.4) is 0 Å². The van der Waals surface area contributed by atoms with Crippen LogP contribution in [-0.2, 0) is 4.79 Å². The average molecular weight is 253 g/mol. The highest BCUT2D eigenvalue weighted by Crippen LogP contribution is 2.30. The van der Waals surface area contributed by atoms with E-state index in [1.807, 2.05) is 0 Å². The van der Waals surface area contributed by atoms with Gasteiger partial charge in [0.25, 0.3) is 0 Å². The topological polar surface area (TPSA) is 20.3 Å². The minimum Gasteiger partial charge on any atom is -0.305 e. The Morgan fingerprint density at radius 1 is 1.39 bits per heavy atom. The standard InChI is InChI=1S/C16H31NO/c1-5-7-14-8-9-16(18)15(10-14)12-17(4)11-13(3)6-2/h13-15H,5-12H2,1-4H3. The fraction of sp³-hybridized carbons (Fsp3) is 0.938. The normalized spacial score (nSPS) is 26.6. The first-order valence-electron chi connectivity index (χ1n) is 7.78. The molecule has 0 heterocycles. The van der Waals surface area contributed by atoms with Crippen molar-refractivity contribution in [3.63, 3.8) is 0 Å². The highest BCUT2D eigenvalue weighted by atomic mass is 16.1. The van der Waals surface area contributed by atoms with Crippen LogP contribution in [0.4, 0.5) is 0 Å². The quantitative estimate of drug-likeness (QED) is 0.688. The van der Waals surface area contributed by atoms with Gasteiger partial charge >= 0.3 is 0 Å². The molecule has 3 atom stereocenters. The Morgan fingerprint density at radius 2 is 2.11 bits per heavy atom. The Kier molecular flexibility index (Phi) is 6.91. The fourth-order valence-corrected chi connectivity index (χ4v) is 3.16. The molecular formula is C16H31NO. The number of nitrogens with zero attached hydrogens (tertiary/aromatic N) is 1. The van der Waals surface area contributed by atoms with Gasteiger partial charge in [-0.1, -0.05) is 40.0 Å². The van der Waals surface area contributed by atoms with Crippen LogP contribution in [0.5, 0.6) is 0 Å². The van der Waals surface area contributed by atoms with E-state index in [0.29, 0.717) is 11.7 Å². The van der Waals surface area contributed by atoms with E-state index < -0.39 is 0 Å². The number of Topliss-reactive ketones (excluding diaryl/α,β-unsaturated/α-hetero) is 1. The molecule has 0 N–H and O–H groups in total. The molecule has 0 radical (unpaired) electrons. The van der Waals surface area contributed by atoms with Gasteiger partial charge in [-0.3, -0.25) is 4.79 Å². The maximum absolute atomic E-state index is 12.0. The van der Waals surface area contributed by atoms with Gasteiger partial charge in [-0.05, 0) is 31.7 Å². The van der Waals surface area contributed by atoms with Crippen LogP contribution in [-0.4, -0.2) is 30.8 Å². The van der Waals surface area contributed by atoms with E-state index in [2.05, 4.69) is 32.7 Å². The number of carbonyl (C=O) groups is 1. The van der Waals surface area contributed by atoms with Crippen molar-refractivity contribution in [2.24, 2.45) is 17.8 Å². The molecule has 0 amide bonds. The summed E-state index contributed by atoms with van der Waals surface area (Å²) in [4.78, 5) is 14.4. The average Bonchev–Trinajstić information content (AvgIpc) is 2.33. The summed E-state index contributed by atoms with van der Waals surface area (Å²) in [5.74, 6) is 2.36. The molecule has 0 aliphatic heterocycles. The van der Waals surface area contributed by atoms with Crippen LogP contribution >= 0.6 is 0 Å². The molecule has 3 unspecified atom stereocenters. The number of rotatable bonds is 7. The van der Waals surface area contributed by atoms with E-state index >= 15 is 0 Å². The third-order valence-corrected chi connectivity index (χ3v) is 4.42. The van der Waals surface area contributed by atoms with Crippen LogP contribution in [0.2, 0.25) is 0 Å². The summed E-state index contributed by atoms with van der Waals surface area (Å²) in [6.45, 7) is 8.88. The molecule has 0 aromatic heterocycles. The highest BCUT2D eigenvalue weighted by Gasteiger charge is 2.28. The lowest BCUT2D eigenvalue weighted by Crippen LogP contribution is -2.36. The van der Waals surface area contributed by atoms with Crippen molar-refractivity contribution in [2.45, 2.75) is 59.3 Å². The molecule has 1 aliphatic rings. The van der Waals surface area contributed by atoms with Gasteiger partial charge in [0.1, 0.15) is 5.78 Å². The van der Waals surface area contributed by atoms with Gasteiger partial charge in [-0.15, -0.1) is 0 Å². The van der Waals surface area contributed by atoms with Gasteiger partial charge in [-0.25, -0.2) is 0 Å². The SMILES string of the molecule is CCCC1CCC(=O)C(CN(C)CC(C)CC)C1. The molecule has 0 saturated heterocycles. The fourth-order valence-electron chi connectivity index (χ4n) is 3.16. The molecule has 0 aromatic carbocycles. The summed E-state index contributed by atoms with van der Waals surface area (Å²) < 4.78 is 0. The molecular weight excluding hydrogens is 222 g/mol. The smallest absolute Gasteiger partial charge is 0.137 e. The van der Waals surface area contributed by atoms with Crippen LogP contribution in [0, 0.1) is 17.8 Å². The van der Waals surface area contributed by atoms with Crippen molar-refractivity contribution in [1.29, 1.82) is 0 Å². The maximum atomic E-state index is 12.0. The second-order valence-electron chi connectivity index (χ2n) is 6.33. The van der Waals surface area contributed by atoms with E-state index in [-0.39, 0.29) is 0 Å². The van der Waals surface area contributed by atoms with E-state index in [9.17, 15) is 4.79 Å². The predicted octanol–water partition coefficient (Wildman–Crippen LogP) is 3.75. The maximum Gasteiger partial charge on any atom is 0.137 e. The Bertz CT molecular complexity index is 251. The lowest BCUT2D eigenvalue weighted by Gasteiger charge is -2.31. The molecule has 106 valence electrons. The van der Waals surface area contributed by atoms with Crippen molar-refractivity contribution in [2.75, 3.05) is 20.1 Å². The zero-order chi connectivity index (χ0) is 13.5. The van der Waals surface area contributed by atoms with Crippen molar-refractivity contribution >= 4 is 5.78 Å². The molecule has 1 saturated carbocycles. The number of hydrogen-bond acceptors (Lipinski definition) is 2. The van der Waals surface area contributed by atoms with Gasteiger partial charge in [0.05, 0.1) is 0 Å². The number of hydrogen-bond donors (Lipinski definition) is 0.